The molecule has 0 aromatic heterocycles. The van der Waals surface area contributed by atoms with Crippen LogP contribution in [0, 0.1) is 5.92 Å². The zero-order valence-electron chi connectivity index (χ0n) is 15.0. The van der Waals surface area contributed by atoms with E-state index < -0.39 is 6.10 Å². The molecule has 0 bridgehead atoms. The molecule has 3 rings (SSSR count). The monoisotopic (exact) mass is 360 g/mol. The predicted molar refractivity (Wildman–Crippen MR) is 99.2 cm³/mol. The molecule has 142 valence electrons. The first-order valence-electron chi connectivity index (χ1n) is 9.32. The maximum Gasteiger partial charge on any atom is 0.253 e. The van der Waals surface area contributed by atoms with Crippen LogP contribution in [0.4, 0.5) is 5.69 Å². The van der Waals surface area contributed by atoms with Crippen LogP contribution in [0.3, 0.4) is 0 Å². The molecule has 2 amide bonds. The van der Waals surface area contributed by atoms with Crippen molar-refractivity contribution >= 4 is 17.5 Å². The summed E-state index contributed by atoms with van der Waals surface area (Å²) in [6.45, 7) is 2.71. The van der Waals surface area contributed by atoms with E-state index in [0.29, 0.717) is 26.1 Å². The number of para-hydroxylation sites is 1. The lowest BCUT2D eigenvalue weighted by Gasteiger charge is -2.31. The summed E-state index contributed by atoms with van der Waals surface area (Å²) in [5.41, 5.74) is 12.9. The van der Waals surface area contributed by atoms with Gasteiger partial charge in [0.05, 0.1) is 12.0 Å². The summed E-state index contributed by atoms with van der Waals surface area (Å²) in [4.78, 5) is 26.2. The van der Waals surface area contributed by atoms with Crippen LogP contribution >= 0.6 is 0 Å². The Hall–Kier alpha value is -1.96. The van der Waals surface area contributed by atoms with Crippen molar-refractivity contribution < 1.29 is 14.3 Å². The van der Waals surface area contributed by atoms with E-state index in [2.05, 4.69) is 10.2 Å². The standard InChI is InChI=1S/C19H28N4O3/c20-10-15-7-8-17(26-15)19(25)22-16-6-2-1-4-13(16)11-23-9-3-5-14(12-23)18(21)24/h1-2,4,6,14-15,17H,3,5,7-12,20H2,(H2,21,24)(H,22,25)/t14?,15-,17+/m1/s1. The molecule has 1 aromatic carbocycles. The normalized spacial score (nSPS) is 26.6. The number of primary amides is 1. The lowest BCUT2D eigenvalue weighted by Crippen LogP contribution is -2.40. The molecule has 2 aliphatic heterocycles. The second-order valence-corrected chi connectivity index (χ2v) is 7.18. The molecular formula is C19H28N4O3. The lowest BCUT2D eigenvalue weighted by atomic mass is 9.97. The summed E-state index contributed by atoms with van der Waals surface area (Å²) >= 11 is 0. The van der Waals surface area contributed by atoms with Crippen LogP contribution < -0.4 is 16.8 Å². The number of nitrogens with one attached hydrogen (secondary N) is 1. The third-order valence-electron chi connectivity index (χ3n) is 5.24. The van der Waals surface area contributed by atoms with Crippen LogP contribution in [0.2, 0.25) is 0 Å². The van der Waals surface area contributed by atoms with Crippen LogP contribution in [0.15, 0.2) is 24.3 Å². The molecule has 2 saturated heterocycles. The molecule has 0 saturated carbocycles. The third kappa shape index (κ3) is 4.60. The van der Waals surface area contributed by atoms with Crippen molar-refractivity contribution in [2.24, 2.45) is 17.4 Å². The number of carbonyl (C=O) groups is 2. The summed E-state index contributed by atoms with van der Waals surface area (Å²) in [7, 11) is 0. The predicted octanol–water partition coefficient (Wildman–Crippen LogP) is 0.829. The smallest absolute Gasteiger partial charge is 0.253 e. The van der Waals surface area contributed by atoms with Crippen molar-refractivity contribution in [1.29, 1.82) is 0 Å². The largest absolute Gasteiger partial charge is 0.369 e. The van der Waals surface area contributed by atoms with Gasteiger partial charge in [-0.25, -0.2) is 0 Å². The van der Waals surface area contributed by atoms with Gasteiger partial charge < -0.3 is 21.5 Å². The number of nitrogens with two attached hydrogens (primary N) is 2. The summed E-state index contributed by atoms with van der Waals surface area (Å²) in [6, 6.07) is 7.76. The van der Waals surface area contributed by atoms with E-state index in [1.54, 1.807) is 0 Å². The highest BCUT2D eigenvalue weighted by Crippen LogP contribution is 2.24. The average molecular weight is 360 g/mol. The zero-order valence-corrected chi connectivity index (χ0v) is 15.0. The molecule has 7 heteroatoms. The van der Waals surface area contributed by atoms with Crippen LogP contribution in [0.25, 0.3) is 0 Å². The van der Waals surface area contributed by atoms with E-state index in [9.17, 15) is 9.59 Å². The number of nitrogens with zero attached hydrogens (tertiary/aromatic N) is 1. The molecule has 1 unspecified atom stereocenters. The van der Waals surface area contributed by atoms with Gasteiger partial charge in [-0.1, -0.05) is 18.2 Å². The van der Waals surface area contributed by atoms with Gasteiger partial charge >= 0.3 is 0 Å². The van der Waals surface area contributed by atoms with Gasteiger partial charge in [-0.3, -0.25) is 14.5 Å². The Morgan fingerprint density at radius 1 is 1.23 bits per heavy atom. The van der Waals surface area contributed by atoms with Crippen molar-refractivity contribution in [3.63, 3.8) is 0 Å². The quantitative estimate of drug-likeness (QED) is 0.696. The van der Waals surface area contributed by atoms with Crippen molar-refractivity contribution in [1.82, 2.24) is 4.90 Å². The van der Waals surface area contributed by atoms with E-state index >= 15 is 0 Å². The van der Waals surface area contributed by atoms with Crippen LogP contribution in [0.1, 0.15) is 31.2 Å². The fraction of sp³-hybridized carbons (Fsp3) is 0.579. The molecule has 0 aliphatic carbocycles. The third-order valence-corrected chi connectivity index (χ3v) is 5.24. The van der Waals surface area contributed by atoms with Crippen LogP contribution in [0.5, 0.6) is 0 Å². The van der Waals surface area contributed by atoms with Gasteiger partial charge in [-0.2, -0.15) is 0 Å². The topological polar surface area (TPSA) is 111 Å². The molecule has 0 radical (unpaired) electrons. The highest BCUT2D eigenvalue weighted by Gasteiger charge is 2.30. The van der Waals surface area contributed by atoms with Gasteiger partial charge in [-0.05, 0) is 43.9 Å². The molecule has 1 aromatic rings. The maximum atomic E-state index is 12.5. The molecule has 26 heavy (non-hydrogen) atoms. The van der Waals surface area contributed by atoms with E-state index in [1.165, 1.54) is 0 Å². The molecule has 2 heterocycles. The van der Waals surface area contributed by atoms with Gasteiger partial charge in [0.15, 0.2) is 0 Å². The number of rotatable bonds is 6. The summed E-state index contributed by atoms with van der Waals surface area (Å²) in [6.07, 6.45) is 2.86. The molecular weight excluding hydrogens is 332 g/mol. The number of likely N-dealkylation sites (tertiary alicyclic amines) is 1. The number of piperidine rings is 1. The fourth-order valence-corrected chi connectivity index (χ4v) is 3.74. The van der Waals surface area contributed by atoms with Gasteiger partial charge in [-0.15, -0.1) is 0 Å². The first-order chi connectivity index (χ1) is 12.6. The van der Waals surface area contributed by atoms with Gasteiger partial charge in [0.2, 0.25) is 5.91 Å². The van der Waals surface area contributed by atoms with E-state index in [-0.39, 0.29) is 23.8 Å². The Morgan fingerprint density at radius 2 is 2.04 bits per heavy atom. The molecule has 0 spiro atoms. The number of amides is 2. The van der Waals surface area contributed by atoms with Gasteiger partial charge in [0, 0.05) is 25.3 Å². The van der Waals surface area contributed by atoms with Crippen LogP contribution in [-0.4, -0.2) is 48.6 Å². The van der Waals surface area contributed by atoms with Crippen molar-refractivity contribution in [3.8, 4) is 0 Å². The maximum absolute atomic E-state index is 12.5. The lowest BCUT2D eigenvalue weighted by molar-refractivity contribution is -0.126. The van der Waals surface area contributed by atoms with Crippen LogP contribution in [-0.2, 0) is 20.9 Å². The Labute approximate surface area is 154 Å². The molecule has 7 nitrogen and oxygen atoms in total. The van der Waals surface area contributed by atoms with Crippen molar-refractivity contribution in [2.45, 2.75) is 44.4 Å². The highest BCUT2D eigenvalue weighted by molar-refractivity contribution is 5.95. The van der Waals surface area contributed by atoms with Gasteiger partial charge in [0.25, 0.3) is 5.91 Å². The van der Waals surface area contributed by atoms with Crippen molar-refractivity contribution in [3.05, 3.63) is 29.8 Å². The summed E-state index contributed by atoms with van der Waals surface area (Å²) < 4.78 is 5.68. The number of hydrogen-bond donors (Lipinski definition) is 3. The summed E-state index contributed by atoms with van der Waals surface area (Å²) in [5.74, 6) is -0.447. The number of benzene rings is 1. The number of ether oxygens (including phenoxy) is 1. The van der Waals surface area contributed by atoms with E-state index in [1.807, 2.05) is 24.3 Å². The minimum Gasteiger partial charge on any atom is -0.369 e. The first-order valence-corrected chi connectivity index (χ1v) is 9.32. The van der Waals surface area contributed by atoms with E-state index in [4.69, 9.17) is 16.2 Å². The Kier molecular flexibility index (Phi) is 6.24. The minimum atomic E-state index is -0.439. The zero-order chi connectivity index (χ0) is 18.5. The molecule has 3 atom stereocenters. The molecule has 5 N–H and O–H groups in total. The summed E-state index contributed by atoms with van der Waals surface area (Å²) in [5, 5.41) is 3.00. The Balaban J connectivity index is 1.63. The molecule has 2 fully saturated rings. The Morgan fingerprint density at radius 3 is 2.77 bits per heavy atom. The average Bonchev–Trinajstić information content (AvgIpc) is 3.13. The second kappa shape index (κ2) is 8.62. The van der Waals surface area contributed by atoms with Gasteiger partial charge in [0.1, 0.15) is 6.10 Å². The highest BCUT2D eigenvalue weighted by atomic mass is 16.5. The van der Waals surface area contributed by atoms with E-state index in [0.717, 1.165) is 37.1 Å². The fourth-order valence-electron chi connectivity index (χ4n) is 3.74. The minimum absolute atomic E-state index is 0.0277. The molecule has 2 aliphatic rings. The van der Waals surface area contributed by atoms with Crippen molar-refractivity contribution in [2.75, 3.05) is 25.0 Å². The second-order valence-electron chi connectivity index (χ2n) is 7.18. The number of carbonyl (C=O) groups excluding carboxylic acids is 2. The first kappa shape index (κ1) is 18.8. The number of hydrogen-bond acceptors (Lipinski definition) is 5. The number of anilines is 1. The SMILES string of the molecule is NC[C@H]1CC[C@@H](C(=O)Nc2ccccc2CN2CCCC(C(N)=O)C2)O1. The Bertz CT molecular complexity index is 651.